The fourth-order valence-electron chi connectivity index (χ4n) is 3.17. The summed E-state index contributed by atoms with van der Waals surface area (Å²) in [5, 5.41) is 0.689. The van der Waals surface area contributed by atoms with Crippen LogP contribution < -0.4 is 5.73 Å². The molecule has 19 heavy (non-hydrogen) atoms. The van der Waals surface area contributed by atoms with Crippen LogP contribution in [0.25, 0.3) is 0 Å². The molecule has 2 aliphatic rings. The van der Waals surface area contributed by atoms with Gasteiger partial charge in [-0.25, -0.2) is 4.98 Å². The average molecular weight is 303 g/mol. The van der Waals surface area contributed by atoms with Crippen molar-refractivity contribution < 1.29 is 0 Å². The fourth-order valence-corrected chi connectivity index (χ4v) is 3.90. The SMILES string of the molecule is Cl.Nc1ncc(CN2CCN(C3CCCC3)CC2)s1. The van der Waals surface area contributed by atoms with Crippen LogP contribution in [0.3, 0.4) is 0 Å². The second-order valence-corrected chi connectivity index (χ2v) is 6.56. The summed E-state index contributed by atoms with van der Waals surface area (Å²) in [7, 11) is 0. The average Bonchev–Trinajstić information content (AvgIpc) is 3.02. The van der Waals surface area contributed by atoms with Gasteiger partial charge in [0.15, 0.2) is 5.13 Å². The number of hydrogen-bond donors (Lipinski definition) is 1. The lowest BCUT2D eigenvalue weighted by Crippen LogP contribution is -2.49. The third-order valence-electron chi connectivity index (χ3n) is 4.20. The third kappa shape index (κ3) is 3.81. The number of aromatic nitrogens is 1. The predicted octanol–water partition coefficient (Wildman–Crippen LogP) is 2.21. The second-order valence-electron chi connectivity index (χ2n) is 5.42. The van der Waals surface area contributed by atoms with Gasteiger partial charge in [0, 0.05) is 49.8 Å². The van der Waals surface area contributed by atoms with E-state index >= 15 is 0 Å². The maximum absolute atomic E-state index is 5.67. The Morgan fingerprint density at radius 3 is 2.47 bits per heavy atom. The van der Waals surface area contributed by atoms with Gasteiger partial charge in [0.05, 0.1) is 0 Å². The first-order valence-corrected chi connectivity index (χ1v) is 7.79. The first-order valence-electron chi connectivity index (χ1n) is 6.98. The molecule has 3 rings (SSSR count). The summed E-state index contributed by atoms with van der Waals surface area (Å²) in [5.41, 5.74) is 5.67. The van der Waals surface area contributed by atoms with E-state index in [2.05, 4.69) is 14.8 Å². The minimum Gasteiger partial charge on any atom is -0.375 e. The smallest absolute Gasteiger partial charge is 0.180 e. The van der Waals surface area contributed by atoms with Crippen LogP contribution in [0.1, 0.15) is 30.6 Å². The quantitative estimate of drug-likeness (QED) is 0.930. The molecule has 2 heterocycles. The Kier molecular flexibility index (Phi) is 5.45. The number of piperazine rings is 1. The third-order valence-corrected chi connectivity index (χ3v) is 5.01. The van der Waals surface area contributed by atoms with Gasteiger partial charge in [0.1, 0.15) is 0 Å². The van der Waals surface area contributed by atoms with Crippen molar-refractivity contribution in [1.29, 1.82) is 0 Å². The van der Waals surface area contributed by atoms with Gasteiger partial charge in [-0.2, -0.15) is 0 Å². The fraction of sp³-hybridized carbons (Fsp3) is 0.769. The molecule has 2 fully saturated rings. The van der Waals surface area contributed by atoms with E-state index in [1.54, 1.807) is 11.3 Å². The minimum atomic E-state index is 0. The van der Waals surface area contributed by atoms with Gasteiger partial charge in [0.2, 0.25) is 0 Å². The minimum absolute atomic E-state index is 0. The summed E-state index contributed by atoms with van der Waals surface area (Å²) >= 11 is 1.62. The summed E-state index contributed by atoms with van der Waals surface area (Å²) < 4.78 is 0. The molecular weight excluding hydrogens is 280 g/mol. The summed E-state index contributed by atoms with van der Waals surface area (Å²) in [5.74, 6) is 0. The lowest BCUT2D eigenvalue weighted by Gasteiger charge is -2.37. The molecular formula is C13H23ClN4S. The van der Waals surface area contributed by atoms with Crippen LogP contribution in [-0.2, 0) is 6.54 Å². The first kappa shape index (κ1) is 15.0. The molecule has 1 aromatic rings. The number of rotatable bonds is 3. The Bertz CT molecular complexity index is 384. The predicted molar refractivity (Wildman–Crippen MR) is 82.9 cm³/mol. The second kappa shape index (κ2) is 6.88. The van der Waals surface area contributed by atoms with Crippen LogP contribution in [0, 0.1) is 0 Å². The van der Waals surface area contributed by atoms with E-state index in [4.69, 9.17) is 5.73 Å². The highest BCUT2D eigenvalue weighted by Gasteiger charge is 2.26. The molecule has 0 radical (unpaired) electrons. The van der Waals surface area contributed by atoms with Crippen molar-refractivity contribution in [3.8, 4) is 0 Å². The van der Waals surface area contributed by atoms with Crippen molar-refractivity contribution in [2.75, 3.05) is 31.9 Å². The standard InChI is InChI=1S/C13H22N4S.ClH/c14-13-15-9-12(18-13)10-16-5-7-17(8-6-16)11-3-1-2-4-11;/h9,11H,1-8,10H2,(H2,14,15);1H. The molecule has 6 heteroatoms. The topological polar surface area (TPSA) is 45.4 Å². The lowest BCUT2D eigenvalue weighted by atomic mass is 10.2. The van der Waals surface area contributed by atoms with Gasteiger partial charge in [-0.05, 0) is 12.8 Å². The molecule has 0 amide bonds. The Balaban J connectivity index is 0.00000133. The van der Waals surface area contributed by atoms with E-state index in [9.17, 15) is 0 Å². The summed E-state index contributed by atoms with van der Waals surface area (Å²) in [6, 6.07) is 0.881. The maximum atomic E-state index is 5.67. The van der Waals surface area contributed by atoms with E-state index in [0.717, 1.165) is 12.6 Å². The van der Waals surface area contributed by atoms with Crippen LogP contribution in [0.4, 0.5) is 5.13 Å². The number of thiazole rings is 1. The van der Waals surface area contributed by atoms with Crippen molar-refractivity contribution in [3.63, 3.8) is 0 Å². The van der Waals surface area contributed by atoms with Crippen LogP contribution >= 0.6 is 23.7 Å². The van der Waals surface area contributed by atoms with Crippen molar-refractivity contribution >= 4 is 28.9 Å². The lowest BCUT2D eigenvalue weighted by molar-refractivity contribution is 0.0943. The highest BCUT2D eigenvalue weighted by Crippen LogP contribution is 2.25. The summed E-state index contributed by atoms with van der Waals surface area (Å²) in [6.07, 6.45) is 7.64. The molecule has 1 saturated carbocycles. The zero-order chi connectivity index (χ0) is 12.4. The normalized spacial score (nSPS) is 22.5. The van der Waals surface area contributed by atoms with E-state index < -0.39 is 0 Å². The largest absolute Gasteiger partial charge is 0.375 e. The number of nitrogens with two attached hydrogens (primary N) is 1. The molecule has 0 aromatic carbocycles. The molecule has 0 bridgehead atoms. The van der Waals surface area contributed by atoms with Crippen molar-refractivity contribution in [3.05, 3.63) is 11.1 Å². The molecule has 1 aromatic heterocycles. The van der Waals surface area contributed by atoms with Gasteiger partial charge >= 0.3 is 0 Å². The highest BCUT2D eigenvalue weighted by atomic mass is 35.5. The molecule has 1 aliphatic carbocycles. The van der Waals surface area contributed by atoms with Gasteiger partial charge in [-0.15, -0.1) is 23.7 Å². The Morgan fingerprint density at radius 2 is 1.89 bits per heavy atom. The van der Waals surface area contributed by atoms with Gasteiger partial charge < -0.3 is 5.73 Å². The van der Waals surface area contributed by atoms with E-state index in [-0.39, 0.29) is 12.4 Å². The monoisotopic (exact) mass is 302 g/mol. The molecule has 2 N–H and O–H groups in total. The Labute approximate surface area is 125 Å². The van der Waals surface area contributed by atoms with E-state index in [1.165, 1.54) is 56.7 Å². The van der Waals surface area contributed by atoms with Crippen molar-refractivity contribution in [2.24, 2.45) is 0 Å². The number of nitrogens with zero attached hydrogens (tertiary/aromatic N) is 3. The number of nitrogen functional groups attached to an aromatic ring is 1. The van der Waals surface area contributed by atoms with Crippen LogP contribution in [0.15, 0.2) is 6.20 Å². The molecule has 4 nitrogen and oxygen atoms in total. The number of hydrogen-bond acceptors (Lipinski definition) is 5. The zero-order valence-corrected chi connectivity index (χ0v) is 12.9. The maximum Gasteiger partial charge on any atom is 0.180 e. The van der Waals surface area contributed by atoms with E-state index in [1.807, 2.05) is 6.20 Å². The zero-order valence-electron chi connectivity index (χ0n) is 11.3. The summed E-state index contributed by atoms with van der Waals surface area (Å²) in [4.78, 5) is 10.6. The van der Waals surface area contributed by atoms with Crippen LogP contribution in [-0.4, -0.2) is 47.0 Å². The Hall–Kier alpha value is -0.360. The Morgan fingerprint density at radius 1 is 1.21 bits per heavy atom. The molecule has 1 aliphatic heterocycles. The van der Waals surface area contributed by atoms with Crippen LogP contribution in [0.5, 0.6) is 0 Å². The molecule has 1 saturated heterocycles. The molecule has 108 valence electrons. The van der Waals surface area contributed by atoms with E-state index in [0.29, 0.717) is 5.13 Å². The van der Waals surface area contributed by atoms with Crippen molar-refractivity contribution in [2.45, 2.75) is 38.3 Å². The molecule has 0 atom stereocenters. The van der Waals surface area contributed by atoms with Gasteiger partial charge in [-0.3, -0.25) is 9.80 Å². The van der Waals surface area contributed by atoms with Crippen LogP contribution in [0.2, 0.25) is 0 Å². The number of halogens is 1. The number of anilines is 1. The molecule has 0 spiro atoms. The molecule has 0 unspecified atom stereocenters. The van der Waals surface area contributed by atoms with Gasteiger partial charge in [-0.1, -0.05) is 12.8 Å². The summed E-state index contributed by atoms with van der Waals surface area (Å²) in [6.45, 7) is 5.87. The first-order chi connectivity index (χ1) is 8.81. The van der Waals surface area contributed by atoms with Crippen molar-refractivity contribution in [1.82, 2.24) is 14.8 Å². The van der Waals surface area contributed by atoms with Gasteiger partial charge in [0.25, 0.3) is 0 Å². The highest BCUT2D eigenvalue weighted by molar-refractivity contribution is 7.15.